The highest BCUT2D eigenvalue weighted by atomic mass is 32.1. The molecule has 0 bridgehead atoms. The fraction of sp³-hybridized carbons (Fsp3) is 0.706. The van der Waals surface area contributed by atoms with Crippen molar-refractivity contribution in [2.75, 3.05) is 39.8 Å². The summed E-state index contributed by atoms with van der Waals surface area (Å²) in [6.45, 7) is 9.62. The Bertz CT molecular complexity index is 444. The first-order valence-electron chi connectivity index (χ1n) is 8.40. The zero-order valence-electron chi connectivity index (χ0n) is 14.1. The number of nitrogens with zero attached hydrogens (tertiary/aromatic N) is 2. The molecule has 1 aromatic heterocycles. The molecule has 0 aromatic carbocycles. The molecule has 0 radical (unpaired) electrons. The Balaban J connectivity index is 1.76. The van der Waals surface area contributed by atoms with Crippen molar-refractivity contribution in [2.45, 2.75) is 26.7 Å². The van der Waals surface area contributed by atoms with Crippen molar-refractivity contribution in [3.05, 3.63) is 22.4 Å². The Labute approximate surface area is 139 Å². The summed E-state index contributed by atoms with van der Waals surface area (Å²) in [6.07, 6.45) is 2.41. The summed E-state index contributed by atoms with van der Waals surface area (Å²) in [4.78, 5) is 8.62. The summed E-state index contributed by atoms with van der Waals surface area (Å²) in [5.41, 5.74) is 0. The molecule has 1 saturated heterocycles. The number of hydrogen-bond acceptors (Lipinski definition) is 3. The number of rotatable bonds is 7. The van der Waals surface area contributed by atoms with Gasteiger partial charge in [-0.3, -0.25) is 4.99 Å². The lowest BCUT2D eigenvalue weighted by Crippen LogP contribution is -2.40. The van der Waals surface area contributed by atoms with Gasteiger partial charge in [-0.15, -0.1) is 11.3 Å². The van der Waals surface area contributed by atoms with Gasteiger partial charge in [-0.2, -0.15) is 0 Å². The SMILES string of the molecule is CCNC(=NCC(C)Cc1cccs1)NCC1CCN(C)C1. The van der Waals surface area contributed by atoms with Gasteiger partial charge in [0.15, 0.2) is 5.96 Å². The molecule has 0 amide bonds. The molecule has 1 aliphatic heterocycles. The molecule has 0 spiro atoms. The van der Waals surface area contributed by atoms with Gasteiger partial charge in [0.25, 0.3) is 0 Å². The average molecular weight is 323 g/mol. The Morgan fingerprint density at radius 1 is 1.50 bits per heavy atom. The lowest BCUT2D eigenvalue weighted by molar-refractivity contribution is 0.394. The van der Waals surface area contributed by atoms with Gasteiger partial charge >= 0.3 is 0 Å². The maximum Gasteiger partial charge on any atom is 0.191 e. The van der Waals surface area contributed by atoms with E-state index in [1.165, 1.54) is 24.4 Å². The van der Waals surface area contributed by atoms with Crippen LogP contribution in [0.2, 0.25) is 0 Å². The monoisotopic (exact) mass is 322 g/mol. The highest BCUT2D eigenvalue weighted by molar-refractivity contribution is 7.09. The van der Waals surface area contributed by atoms with E-state index in [1.807, 2.05) is 11.3 Å². The van der Waals surface area contributed by atoms with Crippen LogP contribution in [0, 0.1) is 11.8 Å². The third-order valence-electron chi connectivity index (χ3n) is 4.08. The highest BCUT2D eigenvalue weighted by Crippen LogP contribution is 2.15. The van der Waals surface area contributed by atoms with Crippen LogP contribution in [0.1, 0.15) is 25.1 Å². The van der Waals surface area contributed by atoms with E-state index in [1.54, 1.807) is 0 Å². The van der Waals surface area contributed by atoms with Gasteiger partial charge in [0, 0.05) is 31.1 Å². The van der Waals surface area contributed by atoms with Crippen LogP contribution in [-0.2, 0) is 6.42 Å². The van der Waals surface area contributed by atoms with Crippen molar-refractivity contribution < 1.29 is 0 Å². The minimum Gasteiger partial charge on any atom is -0.357 e. The summed E-state index contributed by atoms with van der Waals surface area (Å²) in [7, 11) is 2.20. The maximum absolute atomic E-state index is 4.76. The van der Waals surface area contributed by atoms with Crippen LogP contribution in [0.5, 0.6) is 0 Å². The van der Waals surface area contributed by atoms with Gasteiger partial charge in [0.1, 0.15) is 0 Å². The van der Waals surface area contributed by atoms with Gasteiger partial charge in [-0.25, -0.2) is 0 Å². The Morgan fingerprint density at radius 3 is 3.00 bits per heavy atom. The van der Waals surface area contributed by atoms with Gasteiger partial charge < -0.3 is 15.5 Å². The van der Waals surface area contributed by atoms with E-state index in [9.17, 15) is 0 Å². The topological polar surface area (TPSA) is 39.7 Å². The molecule has 2 heterocycles. The molecule has 0 aliphatic carbocycles. The maximum atomic E-state index is 4.76. The van der Waals surface area contributed by atoms with Crippen LogP contribution < -0.4 is 10.6 Å². The van der Waals surface area contributed by atoms with Gasteiger partial charge in [-0.1, -0.05) is 13.0 Å². The first-order valence-corrected chi connectivity index (χ1v) is 9.28. The summed E-state index contributed by atoms with van der Waals surface area (Å²) >= 11 is 1.84. The molecule has 1 aliphatic rings. The predicted octanol–water partition coefficient (Wildman–Crippen LogP) is 2.43. The zero-order chi connectivity index (χ0) is 15.8. The van der Waals surface area contributed by atoms with E-state index in [2.05, 4.69) is 53.9 Å². The molecule has 4 nitrogen and oxygen atoms in total. The second-order valence-corrected chi connectivity index (χ2v) is 7.44. The van der Waals surface area contributed by atoms with Crippen LogP contribution >= 0.6 is 11.3 Å². The van der Waals surface area contributed by atoms with Crippen molar-refractivity contribution in [2.24, 2.45) is 16.8 Å². The van der Waals surface area contributed by atoms with E-state index in [4.69, 9.17) is 4.99 Å². The van der Waals surface area contributed by atoms with Gasteiger partial charge in [0.2, 0.25) is 0 Å². The Morgan fingerprint density at radius 2 is 2.36 bits per heavy atom. The summed E-state index contributed by atoms with van der Waals surface area (Å²) < 4.78 is 0. The van der Waals surface area contributed by atoms with Crippen LogP contribution in [0.25, 0.3) is 0 Å². The summed E-state index contributed by atoms with van der Waals surface area (Å²) in [5, 5.41) is 9.02. The van der Waals surface area contributed by atoms with E-state index in [0.717, 1.165) is 37.9 Å². The molecular weight excluding hydrogens is 292 g/mol. The van der Waals surface area contributed by atoms with Crippen LogP contribution in [0.15, 0.2) is 22.5 Å². The predicted molar refractivity (Wildman–Crippen MR) is 96.8 cm³/mol. The number of likely N-dealkylation sites (tertiary alicyclic amines) is 1. The number of hydrogen-bond donors (Lipinski definition) is 2. The third kappa shape index (κ3) is 5.97. The lowest BCUT2D eigenvalue weighted by Gasteiger charge is -2.16. The molecule has 1 fully saturated rings. The largest absolute Gasteiger partial charge is 0.357 e. The highest BCUT2D eigenvalue weighted by Gasteiger charge is 2.19. The quantitative estimate of drug-likeness (QED) is 0.598. The number of aliphatic imine (C=N–C) groups is 1. The van der Waals surface area contributed by atoms with Gasteiger partial charge in [0.05, 0.1) is 0 Å². The van der Waals surface area contributed by atoms with Crippen molar-refractivity contribution in [3.8, 4) is 0 Å². The van der Waals surface area contributed by atoms with Crippen LogP contribution in [-0.4, -0.2) is 50.6 Å². The number of nitrogens with one attached hydrogen (secondary N) is 2. The summed E-state index contributed by atoms with van der Waals surface area (Å²) in [5.74, 6) is 2.29. The average Bonchev–Trinajstić information content (AvgIpc) is 3.13. The lowest BCUT2D eigenvalue weighted by atomic mass is 10.1. The molecule has 2 rings (SSSR count). The molecule has 0 saturated carbocycles. The minimum atomic E-state index is 0.576. The molecule has 124 valence electrons. The van der Waals surface area contributed by atoms with Crippen molar-refractivity contribution >= 4 is 17.3 Å². The van der Waals surface area contributed by atoms with E-state index in [0.29, 0.717) is 5.92 Å². The van der Waals surface area contributed by atoms with E-state index in [-0.39, 0.29) is 0 Å². The third-order valence-corrected chi connectivity index (χ3v) is 4.98. The summed E-state index contributed by atoms with van der Waals surface area (Å²) in [6, 6.07) is 4.34. The van der Waals surface area contributed by atoms with Crippen LogP contribution in [0.4, 0.5) is 0 Å². The zero-order valence-corrected chi connectivity index (χ0v) is 15.0. The molecule has 2 unspecified atom stereocenters. The second kappa shape index (κ2) is 9.16. The fourth-order valence-electron chi connectivity index (χ4n) is 2.86. The molecule has 2 atom stereocenters. The molecular formula is C17H30N4S. The Hall–Kier alpha value is -1.07. The van der Waals surface area contributed by atoms with Crippen molar-refractivity contribution in [1.29, 1.82) is 0 Å². The van der Waals surface area contributed by atoms with E-state index < -0.39 is 0 Å². The Kier molecular flexibility index (Phi) is 7.19. The second-order valence-electron chi connectivity index (χ2n) is 6.41. The smallest absolute Gasteiger partial charge is 0.191 e. The first-order chi connectivity index (χ1) is 10.7. The standard InChI is InChI=1S/C17H30N4S/c1-4-18-17(20-12-15-7-8-21(3)13-15)19-11-14(2)10-16-6-5-9-22-16/h5-6,9,14-15H,4,7-8,10-13H2,1-3H3,(H2,18,19,20). The fourth-order valence-corrected chi connectivity index (χ4v) is 3.73. The van der Waals surface area contributed by atoms with Crippen molar-refractivity contribution in [3.63, 3.8) is 0 Å². The number of guanidine groups is 1. The van der Waals surface area contributed by atoms with Crippen molar-refractivity contribution in [1.82, 2.24) is 15.5 Å². The minimum absolute atomic E-state index is 0.576. The molecule has 1 aromatic rings. The van der Waals surface area contributed by atoms with Crippen LogP contribution in [0.3, 0.4) is 0 Å². The number of thiophene rings is 1. The molecule has 5 heteroatoms. The van der Waals surface area contributed by atoms with E-state index >= 15 is 0 Å². The molecule has 22 heavy (non-hydrogen) atoms. The molecule has 2 N–H and O–H groups in total. The first kappa shape index (κ1) is 17.3. The normalized spacial score (nSPS) is 21.0. The van der Waals surface area contributed by atoms with Gasteiger partial charge in [-0.05, 0) is 56.6 Å².